The minimum atomic E-state index is -0.325. The number of aliphatic hydroxyl groups excluding tert-OH is 1. The smallest absolute Gasteiger partial charge is 0.107 e. The van der Waals surface area contributed by atoms with Crippen molar-refractivity contribution in [2.45, 2.75) is 25.0 Å². The van der Waals surface area contributed by atoms with Crippen LogP contribution in [0.3, 0.4) is 0 Å². The quantitative estimate of drug-likeness (QED) is 0.603. The van der Waals surface area contributed by atoms with Gasteiger partial charge in [-0.3, -0.25) is 0 Å². The molecule has 3 heteroatoms. The fourth-order valence-electron chi connectivity index (χ4n) is 1.15. The van der Waals surface area contributed by atoms with Gasteiger partial charge < -0.3 is 14.6 Å². The SMILES string of the molecule is COCC1OCCCC1O. The van der Waals surface area contributed by atoms with Crippen LogP contribution in [0.5, 0.6) is 0 Å². The van der Waals surface area contributed by atoms with Crippen LogP contribution in [0.1, 0.15) is 12.8 Å². The van der Waals surface area contributed by atoms with Gasteiger partial charge in [0.1, 0.15) is 6.10 Å². The largest absolute Gasteiger partial charge is 0.390 e. The zero-order valence-corrected chi connectivity index (χ0v) is 6.25. The Balaban J connectivity index is 2.25. The lowest BCUT2D eigenvalue weighted by Gasteiger charge is -2.27. The van der Waals surface area contributed by atoms with Gasteiger partial charge in [-0.2, -0.15) is 0 Å². The molecule has 0 aliphatic carbocycles. The van der Waals surface area contributed by atoms with Crippen LogP contribution in [0, 0.1) is 0 Å². The molecule has 2 atom stereocenters. The second kappa shape index (κ2) is 3.91. The Morgan fingerprint density at radius 3 is 3.10 bits per heavy atom. The van der Waals surface area contributed by atoms with E-state index in [0.29, 0.717) is 6.61 Å². The summed E-state index contributed by atoms with van der Waals surface area (Å²) in [5.41, 5.74) is 0. The minimum absolute atomic E-state index is 0.0984. The molecular weight excluding hydrogens is 132 g/mol. The third-order valence-electron chi connectivity index (χ3n) is 1.74. The normalized spacial score (nSPS) is 34.2. The van der Waals surface area contributed by atoms with Crippen LogP contribution in [0.2, 0.25) is 0 Å². The van der Waals surface area contributed by atoms with Crippen molar-refractivity contribution in [1.82, 2.24) is 0 Å². The Hall–Kier alpha value is -0.120. The van der Waals surface area contributed by atoms with Crippen molar-refractivity contribution in [2.24, 2.45) is 0 Å². The summed E-state index contributed by atoms with van der Waals surface area (Å²) in [7, 11) is 1.62. The van der Waals surface area contributed by atoms with Gasteiger partial charge in [-0.1, -0.05) is 0 Å². The van der Waals surface area contributed by atoms with Crippen LogP contribution in [0.4, 0.5) is 0 Å². The average molecular weight is 146 g/mol. The first kappa shape index (κ1) is 7.98. The van der Waals surface area contributed by atoms with Gasteiger partial charge in [-0.25, -0.2) is 0 Å². The molecule has 1 heterocycles. The molecule has 0 amide bonds. The van der Waals surface area contributed by atoms with Crippen LogP contribution in [-0.4, -0.2) is 37.6 Å². The van der Waals surface area contributed by atoms with Gasteiger partial charge in [0.05, 0.1) is 12.7 Å². The molecule has 1 aliphatic rings. The fourth-order valence-corrected chi connectivity index (χ4v) is 1.15. The number of hydrogen-bond donors (Lipinski definition) is 1. The van der Waals surface area contributed by atoms with Gasteiger partial charge in [-0.05, 0) is 12.8 Å². The zero-order valence-electron chi connectivity index (χ0n) is 6.25. The summed E-state index contributed by atoms with van der Waals surface area (Å²) in [6.45, 7) is 1.26. The maximum absolute atomic E-state index is 9.30. The van der Waals surface area contributed by atoms with Gasteiger partial charge in [0.2, 0.25) is 0 Å². The third-order valence-corrected chi connectivity index (χ3v) is 1.74. The highest BCUT2D eigenvalue weighted by atomic mass is 16.5. The molecule has 0 bridgehead atoms. The molecule has 1 aliphatic heterocycles. The molecule has 0 spiro atoms. The molecule has 0 aromatic carbocycles. The van der Waals surface area contributed by atoms with E-state index in [1.807, 2.05) is 0 Å². The Labute approximate surface area is 60.9 Å². The van der Waals surface area contributed by atoms with E-state index in [9.17, 15) is 5.11 Å². The first-order valence-electron chi connectivity index (χ1n) is 3.63. The van der Waals surface area contributed by atoms with E-state index in [4.69, 9.17) is 9.47 Å². The van der Waals surface area contributed by atoms with Crippen molar-refractivity contribution < 1.29 is 14.6 Å². The molecule has 10 heavy (non-hydrogen) atoms. The summed E-state index contributed by atoms with van der Waals surface area (Å²) < 4.78 is 10.1. The van der Waals surface area contributed by atoms with Crippen molar-refractivity contribution in [3.63, 3.8) is 0 Å². The summed E-state index contributed by atoms with van der Waals surface area (Å²) in [6.07, 6.45) is 1.38. The second-order valence-electron chi connectivity index (χ2n) is 2.57. The fraction of sp³-hybridized carbons (Fsp3) is 1.00. The standard InChI is InChI=1S/C7H14O3/c1-9-5-7-6(8)3-2-4-10-7/h6-8H,2-5H2,1H3. The average Bonchev–Trinajstić information content (AvgIpc) is 1.94. The molecule has 2 unspecified atom stereocenters. The minimum Gasteiger partial charge on any atom is -0.390 e. The van der Waals surface area contributed by atoms with Crippen LogP contribution in [-0.2, 0) is 9.47 Å². The van der Waals surface area contributed by atoms with E-state index >= 15 is 0 Å². The highest BCUT2D eigenvalue weighted by Crippen LogP contribution is 2.13. The van der Waals surface area contributed by atoms with Gasteiger partial charge >= 0.3 is 0 Å². The Bertz CT molecular complexity index is 92.9. The van der Waals surface area contributed by atoms with Crippen molar-refractivity contribution in [3.8, 4) is 0 Å². The lowest BCUT2D eigenvalue weighted by atomic mass is 10.1. The zero-order chi connectivity index (χ0) is 7.40. The molecule has 0 radical (unpaired) electrons. The number of rotatable bonds is 2. The molecule has 0 saturated carbocycles. The number of hydrogen-bond acceptors (Lipinski definition) is 3. The Kier molecular flexibility index (Phi) is 3.12. The van der Waals surface area contributed by atoms with Crippen LogP contribution < -0.4 is 0 Å². The monoisotopic (exact) mass is 146 g/mol. The van der Waals surface area contributed by atoms with E-state index in [0.717, 1.165) is 19.4 Å². The summed E-state index contributed by atoms with van der Waals surface area (Å²) in [6, 6.07) is 0. The van der Waals surface area contributed by atoms with Gasteiger partial charge in [0, 0.05) is 13.7 Å². The summed E-state index contributed by atoms with van der Waals surface area (Å²) in [5.74, 6) is 0. The van der Waals surface area contributed by atoms with Crippen molar-refractivity contribution in [2.75, 3.05) is 20.3 Å². The molecule has 1 N–H and O–H groups in total. The van der Waals surface area contributed by atoms with E-state index in [1.165, 1.54) is 0 Å². The number of methoxy groups -OCH3 is 1. The summed E-state index contributed by atoms with van der Waals surface area (Å²) in [4.78, 5) is 0. The predicted octanol–water partition coefficient (Wildman–Crippen LogP) is 0.173. The third kappa shape index (κ3) is 1.94. The first-order valence-corrected chi connectivity index (χ1v) is 3.63. The first-order chi connectivity index (χ1) is 4.84. The number of ether oxygens (including phenoxy) is 2. The molecular formula is C7H14O3. The van der Waals surface area contributed by atoms with Crippen LogP contribution >= 0.6 is 0 Å². The van der Waals surface area contributed by atoms with E-state index in [2.05, 4.69) is 0 Å². The van der Waals surface area contributed by atoms with E-state index < -0.39 is 0 Å². The highest BCUT2D eigenvalue weighted by molar-refractivity contribution is 4.72. The van der Waals surface area contributed by atoms with Crippen molar-refractivity contribution >= 4 is 0 Å². The Morgan fingerprint density at radius 2 is 2.50 bits per heavy atom. The summed E-state index contributed by atoms with van der Waals surface area (Å²) in [5, 5.41) is 9.30. The molecule has 1 saturated heterocycles. The van der Waals surface area contributed by atoms with Crippen molar-refractivity contribution in [1.29, 1.82) is 0 Å². The molecule has 1 fully saturated rings. The van der Waals surface area contributed by atoms with Gasteiger partial charge in [-0.15, -0.1) is 0 Å². The van der Waals surface area contributed by atoms with Crippen LogP contribution in [0.25, 0.3) is 0 Å². The Morgan fingerprint density at radius 1 is 1.70 bits per heavy atom. The molecule has 3 nitrogen and oxygen atoms in total. The highest BCUT2D eigenvalue weighted by Gasteiger charge is 2.22. The molecule has 0 aromatic rings. The number of aliphatic hydroxyl groups is 1. The van der Waals surface area contributed by atoms with Gasteiger partial charge in [0.25, 0.3) is 0 Å². The summed E-state index contributed by atoms with van der Waals surface area (Å²) >= 11 is 0. The molecule has 0 aromatic heterocycles. The van der Waals surface area contributed by atoms with Crippen LogP contribution in [0.15, 0.2) is 0 Å². The van der Waals surface area contributed by atoms with Crippen molar-refractivity contribution in [3.05, 3.63) is 0 Å². The lowest BCUT2D eigenvalue weighted by Crippen LogP contribution is -2.37. The maximum atomic E-state index is 9.30. The second-order valence-corrected chi connectivity index (χ2v) is 2.57. The van der Waals surface area contributed by atoms with E-state index in [-0.39, 0.29) is 12.2 Å². The maximum Gasteiger partial charge on any atom is 0.107 e. The molecule has 1 rings (SSSR count). The van der Waals surface area contributed by atoms with E-state index in [1.54, 1.807) is 7.11 Å². The van der Waals surface area contributed by atoms with Gasteiger partial charge in [0.15, 0.2) is 0 Å². The molecule has 60 valence electrons. The topological polar surface area (TPSA) is 38.7 Å². The predicted molar refractivity (Wildman–Crippen MR) is 36.9 cm³/mol. The lowest BCUT2D eigenvalue weighted by molar-refractivity contribution is -0.101.